The van der Waals surface area contributed by atoms with Crippen LogP contribution in [0.4, 0.5) is 0 Å². The summed E-state index contributed by atoms with van der Waals surface area (Å²) in [6.07, 6.45) is 1.78. The van der Waals surface area contributed by atoms with E-state index in [0.717, 1.165) is 18.4 Å². The summed E-state index contributed by atoms with van der Waals surface area (Å²) in [6, 6.07) is 11.6. The molecule has 0 saturated carbocycles. The van der Waals surface area contributed by atoms with Crippen LogP contribution in [-0.2, 0) is 10.0 Å². The average Bonchev–Trinajstić information content (AvgIpc) is 3.10. The Morgan fingerprint density at radius 2 is 1.67 bits per heavy atom. The normalized spacial score (nSPS) is 15.5. The Labute approximate surface area is 141 Å². The van der Waals surface area contributed by atoms with Gasteiger partial charge < -0.3 is 5.11 Å². The van der Waals surface area contributed by atoms with Crippen molar-refractivity contribution in [3.05, 3.63) is 53.6 Å². The van der Waals surface area contributed by atoms with Gasteiger partial charge in [0.2, 0.25) is 10.0 Å². The summed E-state index contributed by atoms with van der Waals surface area (Å²) in [5.41, 5.74) is 2.35. The quantitative estimate of drug-likeness (QED) is 0.924. The highest BCUT2D eigenvalue weighted by atomic mass is 32.2. The van der Waals surface area contributed by atoms with Crippen LogP contribution >= 0.6 is 0 Å². The second-order valence-electron chi connectivity index (χ2n) is 5.99. The van der Waals surface area contributed by atoms with E-state index in [4.69, 9.17) is 0 Å². The number of carboxylic acids is 1. The maximum Gasteiger partial charge on any atom is 0.336 e. The van der Waals surface area contributed by atoms with Crippen LogP contribution < -0.4 is 0 Å². The first-order valence-corrected chi connectivity index (χ1v) is 9.28. The van der Waals surface area contributed by atoms with Gasteiger partial charge in [0.1, 0.15) is 0 Å². The maximum absolute atomic E-state index is 12.5. The molecule has 3 rings (SSSR count). The van der Waals surface area contributed by atoms with Gasteiger partial charge >= 0.3 is 5.97 Å². The molecule has 24 heavy (non-hydrogen) atoms. The first kappa shape index (κ1) is 16.7. The number of aromatic carboxylic acids is 1. The Hall–Kier alpha value is -2.18. The molecule has 1 saturated heterocycles. The molecule has 1 aliphatic rings. The third kappa shape index (κ3) is 3.07. The molecule has 0 atom stereocenters. The number of rotatable bonds is 4. The fraction of sp³-hybridized carbons (Fsp3) is 0.278. The molecule has 5 nitrogen and oxygen atoms in total. The van der Waals surface area contributed by atoms with E-state index in [1.807, 2.05) is 13.0 Å². The van der Waals surface area contributed by atoms with E-state index in [-0.39, 0.29) is 10.5 Å². The standard InChI is InChI=1S/C18H19NO4S/c1-13-4-9-16(17(12-13)18(20)21)14-5-7-15(8-6-14)24(22,23)19-10-2-3-11-19/h4-9,12H,2-3,10-11H2,1H3,(H,20,21). The topological polar surface area (TPSA) is 74.7 Å². The van der Waals surface area contributed by atoms with Gasteiger partial charge in [-0.25, -0.2) is 13.2 Å². The predicted molar refractivity (Wildman–Crippen MR) is 91.6 cm³/mol. The zero-order chi connectivity index (χ0) is 17.3. The van der Waals surface area contributed by atoms with Gasteiger partial charge in [-0.15, -0.1) is 0 Å². The molecule has 126 valence electrons. The molecule has 6 heteroatoms. The summed E-state index contributed by atoms with van der Waals surface area (Å²) >= 11 is 0. The van der Waals surface area contributed by atoms with E-state index in [0.29, 0.717) is 24.2 Å². The summed E-state index contributed by atoms with van der Waals surface area (Å²) in [4.78, 5) is 11.7. The summed E-state index contributed by atoms with van der Waals surface area (Å²) in [5.74, 6) is -0.998. The minimum atomic E-state index is -3.45. The number of carboxylic acid groups (broad SMARTS) is 1. The van der Waals surface area contributed by atoms with Crippen molar-refractivity contribution in [2.45, 2.75) is 24.7 Å². The molecule has 0 radical (unpaired) electrons. The fourth-order valence-corrected chi connectivity index (χ4v) is 4.49. The van der Waals surface area contributed by atoms with E-state index in [1.165, 1.54) is 4.31 Å². The van der Waals surface area contributed by atoms with Crippen molar-refractivity contribution >= 4 is 16.0 Å². The second kappa shape index (κ2) is 6.37. The van der Waals surface area contributed by atoms with Gasteiger partial charge in [0, 0.05) is 13.1 Å². The lowest BCUT2D eigenvalue weighted by atomic mass is 9.98. The third-order valence-corrected chi connectivity index (χ3v) is 6.19. The monoisotopic (exact) mass is 345 g/mol. The van der Waals surface area contributed by atoms with Crippen LogP contribution in [0.25, 0.3) is 11.1 Å². The molecule has 2 aromatic carbocycles. The molecule has 1 N–H and O–H groups in total. The SMILES string of the molecule is Cc1ccc(-c2ccc(S(=O)(=O)N3CCCC3)cc2)c(C(=O)O)c1. The number of hydrogen-bond donors (Lipinski definition) is 1. The van der Waals surface area contributed by atoms with Crippen molar-refractivity contribution in [1.29, 1.82) is 0 Å². The molecule has 1 aliphatic heterocycles. The molecule has 0 unspecified atom stereocenters. The van der Waals surface area contributed by atoms with Gasteiger partial charge in [-0.3, -0.25) is 0 Å². The molecule has 0 spiro atoms. The zero-order valence-electron chi connectivity index (χ0n) is 13.4. The molecule has 0 aliphatic carbocycles. The third-order valence-electron chi connectivity index (χ3n) is 4.27. The van der Waals surface area contributed by atoms with E-state index < -0.39 is 16.0 Å². The van der Waals surface area contributed by atoms with Crippen molar-refractivity contribution in [3.63, 3.8) is 0 Å². The zero-order valence-corrected chi connectivity index (χ0v) is 14.2. The number of carbonyl (C=O) groups is 1. The highest BCUT2D eigenvalue weighted by Crippen LogP contribution is 2.28. The second-order valence-corrected chi connectivity index (χ2v) is 7.93. The Bertz CT molecular complexity index is 866. The smallest absolute Gasteiger partial charge is 0.336 e. The van der Waals surface area contributed by atoms with Crippen LogP contribution in [0, 0.1) is 6.92 Å². The van der Waals surface area contributed by atoms with Crippen LogP contribution in [0.2, 0.25) is 0 Å². The Kier molecular flexibility index (Phi) is 4.43. The van der Waals surface area contributed by atoms with Gasteiger partial charge in [-0.2, -0.15) is 4.31 Å². The number of nitrogens with zero attached hydrogens (tertiary/aromatic N) is 1. The number of sulfonamides is 1. The maximum atomic E-state index is 12.5. The van der Waals surface area contributed by atoms with E-state index >= 15 is 0 Å². The van der Waals surface area contributed by atoms with Crippen LogP contribution in [0.3, 0.4) is 0 Å². The van der Waals surface area contributed by atoms with Crippen LogP contribution in [0.5, 0.6) is 0 Å². The Morgan fingerprint density at radius 1 is 1.04 bits per heavy atom. The number of hydrogen-bond acceptors (Lipinski definition) is 3. The molecule has 0 aromatic heterocycles. The van der Waals surface area contributed by atoms with Crippen LogP contribution in [0.15, 0.2) is 47.4 Å². The van der Waals surface area contributed by atoms with Crippen molar-refractivity contribution in [2.24, 2.45) is 0 Å². The summed E-state index contributed by atoms with van der Waals surface area (Å²) in [5, 5.41) is 9.38. The predicted octanol–water partition coefficient (Wildman–Crippen LogP) is 3.14. The van der Waals surface area contributed by atoms with Crippen molar-refractivity contribution in [2.75, 3.05) is 13.1 Å². The fourth-order valence-electron chi connectivity index (χ4n) is 2.97. The first-order valence-electron chi connectivity index (χ1n) is 7.84. The number of aryl methyl sites for hydroxylation is 1. The highest BCUT2D eigenvalue weighted by molar-refractivity contribution is 7.89. The molecule has 0 bridgehead atoms. The van der Waals surface area contributed by atoms with Gasteiger partial charge in [0.25, 0.3) is 0 Å². The lowest BCUT2D eigenvalue weighted by molar-refractivity contribution is 0.0697. The molecule has 1 heterocycles. The Balaban J connectivity index is 1.97. The van der Waals surface area contributed by atoms with E-state index in [9.17, 15) is 18.3 Å². The van der Waals surface area contributed by atoms with Crippen molar-refractivity contribution in [3.8, 4) is 11.1 Å². The van der Waals surface area contributed by atoms with Gasteiger partial charge in [-0.05, 0) is 49.1 Å². The minimum absolute atomic E-state index is 0.213. The highest BCUT2D eigenvalue weighted by Gasteiger charge is 2.27. The molecular weight excluding hydrogens is 326 g/mol. The Morgan fingerprint density at radius 3 is 2.25 bits per heavy atom. The molecule has 2 aromatic rings. The molecule has 1 fully saturated rings. The van der Waals surface area contributed by atoms with Crippen molar-refractivity contribution < 1.29 is 18.3 Å². The van der Waals surface area contributed by atoms with Crippen molar-refractivity contribution in [1.82, 2.24) is 4.31 Å². The molecule has 0 amide bonds. The molecular formula is C18H19NO4S. The summed E-state index contributed by atoms with van der Waals surface area (Å²) in [7, 11) is -3.45. The first-order chi connectivity index (χ1) is 11.4. The lowest BCUT2D eigenvalue weighted by Gasteiger charge is -2.16. The minimum Gasteiger partial charge on any atom is -0.478 e. The van der Waals surface area contributed by atoms with Crippen LogP contribution in [0.1, 0.15) is 28.8 Å². The summed E-state index contributed by atoms with van der Waals surface area (Å²) in [6.45, 7) is 2.96. The summed E-state index contributed by atoms with van der Waals surface area (Å²) < 4.78 is 26.6. The van der Waals surface area contributed by atoms with E-state index in [1.54, 1.807) is 36.4 Å². The van der Waals surface area contributed by atoms with E-state index in [2.05, 4.69) is 0 Å². The average molecular weight is 345 g/mol. The number of benzene rings is 2. The van der Waals surface area contributed by atoms with Gasteiger partial charge in [0.15, 0.2) is 0 Å². The van der Waals surface area contributed by atoms with Crippen LogP contribution in [-0.4, -0.2) is 36.9 Å². The van der Waals surface area contributed by atoms with Gasteiger partial charge in [-0.1, -0.05) is 29.8 Å². The lowest BCUT2D eigenvalue weighted by Crippen LogP contribution is -2.27. The van der Waals surface area contributed by atoms with Gasteiger partial charge in [0.05, 0.1) is 10.5 Å². The largest absolute Gasteiger partial charge is 0.478 e.